The van der Waals surface area contributed by atoms with Crippen molar-refractivity contribution in [1.82, 2.24) is 24.8 Å². The predicted molar refractivity (Wildman–Crippen MR) is 99.3 cm³/mol. The van der Waals surface area contributed by atoms with Crippen LogP contribution < -0.4 is 5.32 Å². The number of imidazole rings is 1. The molecule has 2 aromatic heterocycles. The highest BCUT2D eigenvalue weighted by Gasteiger charge is 2.57. The molecule has 0 unspecified atom stereocenters. The van der Waals surface area contributed by atoms with Gasteiger partial charge in [-0.2, -0.15) is 0 Å². The molecular weight excluding hydrogens is 326 g/mol. The van der Waals surface area contributed by atoms with Crippen LogP contribution in [0.5, 0.6) is 0 Å². The lowest BCUT2D eigenvalue weighted by Crippen LogP contribution is -2.39. The van der Waals surface area contributed by atoms with E-state index < -0.39 is 0 Å². The van der Waals surface area contributed by atoms with Crippen molar-refractivity contribution in [3.05, 3.63) is 48.3 Å². The lowest BCUT2D eigenvalue weighted by Gasteiger charge is -2.29. The van der Waals surface area contributed by atoms with Crippen molar-refractivity contribution in [1.29, 1.82) is 0 Å². The van der Waals surface area contributed by atoms with E-state index in [4.69, 9.17) is 0 Å². The van der Waals surface area contributed by atoms with Gasteiger partial charge in [-0.05, 0) is 56.3 Å². The van der Waals surface area contributed by atoms with Crippen molar-refractivity contribution in [3.8, 4) is 0 Å². The molecule has 1 aliphatic carbocycles. The number of rotatable bonds is 6. The Morgan fingerprint density at radius 1 is 1.31 bits per heavy atom. The fourth-order valence-corrected chi connectivity index (χ4v) is 4.23. The van der Waals surface area contributed by atoms with E-state index in [0.717, 1.165) is 31.0 Å². The molecule has 1 saturated heterocycles. The number of carbonyl (C=O) groups excluding carboxylic acids is 1. The Labute approximate surface area is 154 Å². The average molecular weight is 353 g/mol. The van der Waals surface area contributed by atoms with Crippen LogP contribution in [0.4, 0.5) is 0 Å². The summed E-state index contributed by atoms with van der Waals surface area (Å²) < 4.78 is 2.01. The van der Waals surface area contributed by atoms with Gasteiger partial charge in [0.15, 0.2) is 0 Å². The zero-order valence-electron chi connectivity index (χ0n) is 15.4. The predicted octanol–water partition coefficient (Wildman–Crippen LogP) is 1.92. The number of nitrogens with one attached hydrogen (secondary N) is 1. The van der Waals surface area contributed by atoms with Crippen LogP contribution in [0.1, 0.15) is 37.2 Å². The summed E-state index contributed by atoms with van der Waals surface area (Å²) >= 11 is 0. The number of carbonyl (C=O) groups is 1. The topological polar surface area (TPSA) is 63.1 Å². The maximum atomic E-state index is 13.1. The van der Waals surface area contributed by atoms with E-state index in [2.05, 4.69) is 20.2 Å². The minimum atomic E-state index is 0.221. The number of piperidine rings is 1. The molecule has 6 heteroatoms. The lowest BCUT2D eigenvalue weighted by atomic mass is 9.93. The molecule has 6 nitrogen and oxygen atoms in total. The van der Waals surface area contributed by atoms with E-state index >= 15 is 0 Å². The fourth-order valence-electron chi connectivity index (χ4n) is 4.23. The average Bonchev–Trinajstić information content (AvgIpc) is 3.18. The molecule has 1 aliphatic heterocycles. The van der Waals surface area contributed by atoms with Gasteiger partial charge in [0.2, 0.25) is 5.91 Å². The standard InChI is InChI=1S/C20H27N5O/c1-24-13-12-23-18(24)15-25(17-14-20(17)7-10-21-11-8-20)19(26)6-5-16-4-2-3-9-22-16/h2-4,9,12-13,17,21H,5-8,10-11,14-15H2,1H3/t17-/m1/s1. The van der Waals surface area contributed by atoms with Gasteiger partial charge in [0, 0.05) is 43.8 Å². The monoisotopic (exact) mass is 353 g/mol. The number of aryl methyl sites for hydroxylation is 2. The van der Waals surface area contributed by atoms with Crippen LogP contribution in [-0.4, -0.2) is 44.5 Å². The van der Waals surface area contributed by atoms with Gasteiger partial charge in [-0.1, -0.05) is 6.07 Å². The SMILES string of the molecule is Cn1ccnc1CN(C(=O)CCc1ccccn1)[C@@H]1CC12CCNCC2. The molecule has 2 fully saturated rings. The summed E-state index contributed by atoms with van der Waals surface area (Å²) in [6, 6.07) is 6.23. The van der Waals surface area contributed by atoms with Gasteiger partial charge in [0.05, 0.1) is 6.54 Å². The minimum absolute atomic E-state index is 0.221. The summed E-state index contributed by atoms with van der Waals surface area (Å²) in [5.74, 6) is 1.17. The maximum Gasteiger partial charge on any atom is 0.223 e. The molecule has 138 valence electrons. The highest BCUT2D eigenvalue weighted by Crippen LogP contribution is 2.56. The first kappa shape index (κ1) is 17.2. The van der Waals surface area contributed by atoms with Gasteiger partial charge in [-0.15, -0.1) is 0 Å². The van der Waals surface area contributed by atoms with Crippen LogP contribution in [0.25, 0.3) is 0 Å². The van der Waals surface area contributed by atoms with Crippen molar-refractivity contribution in [2.45, 2.75) is 44.7 Å². The zero-order valence-corrected chi connectivity index (χ0v) is 15.4. The summed E-state index contributed by atoms with van der Waals surface area (Å²) in [6.45, 7) is 2.73. The second-order valence-corrected chi connectivity index (χ2v) is 7.63. The molecule has 4 rings (SSSR count). The first-order valence-electron chi connectivity index (χ1n) is 9.54. The largest absolute Gasteiger partial charge is 0.337 e. The van der Waals surface area contributed by atoms with Crippen LogP contribution in [-0.2, 0) is 24.8 Å². The fraction of sp³-hybridized carbons (Fsp3) is 0.550. The number of nitrogens with zero attached hydrogens (tertiary/aromatic N) is 4. The van der Waals surface area contributed by atoms with E-state index in [0.29, 0.717) is 30.8 Å². The highest BCUT2D eigenvalue weighted by molar-refractivity contribution is 5.77. The summed E-state index contributed by atoms with van der Waals surface area (Å²) in [5, 5.41) is 3.44. The van der Waals surface area contributed by atoms with E-state index in [9.17, 15) is 4.79 Å². The number of pyridine rings is 1. The molecule has 1 spiro atoms. The molecule has 1 N–H and O–H groups in total. The first-order valence-corrected chi connectivity index (χ1v) is 9.54. The number of amides is 1. The minimum Gasteiger partial charge on any atom is -0.337 e. The number of aromatic nitrogens is 3. The zero-order chi connectivity index (χ0) is 18.0. The van der Waals surface area contributed by atoms with E-state index in [1.165, 1.54) is 12.8 Å². The Morgan fingerprint density at radius 3 is 2.85 bits per heavy atom. The molecule has 1 atom stereocenters. The molecule has 0 radical (unpaired) electrons. The van der Waals surface area contributed by atoms with Crippen molar-refractivity contribution in [2.24, 2.45) is 12.5 Å². The van der Waals surface area contributed by atoms with Crippen LogP contribution in [0.3, 0.4) is 0 Å². The Morgan fingerprint density at radius 2 is 2.15 bits per heavy atom. The third kappa shape index (κ3) is 3.51. The lowest BCUT2D eigenvalue weighted by molar-refractivity contribution is -0.133. The van der Waals surface area contributed by atoms with Gasteiger partial charge >= 0.3 is 0 Å². The van der Waals surface area contributed by atoms with Crippen molar-refractivity contribution >= 4 is 5.91 Å². The van der Waals surface area contributed by atoms with Crippen molar-refractivity contribution in [3.63, 3.8) is 0 Å². The smallest absolute Gasteiger partial charge is 0.223 e. The summed E-state index contributed by atoms with van der Waals surface area (Å²) in [4.78, 5) is 24.0. The number of hydrogen-bond acceptors (Lipinski definition) is 4. The second-order valence-electron chi connectivity index (χ2n) is 7.63. The van der Waals surface area contributed by atoms with Gasteiger partial charge in [0.1, 0.15) is 5.82 Å². The summed E-state index contributed by atoms with van der Waals surface area (Å²) in [6.07, 6.45) is 10.2. The maximum absolute atomic E-state index is 13.1. The molecule has 1 amide bonds. The highest BCUT2D eigenvalue weighted by atomic mass is 16.2. The van der Waals surface area contributed by atoms with Gasteiger partial charge < -0.3 is 14.8 Å². The van der Waals surface area contributed by atoms with E-state index in [-0.39, 0.29) is 5.91 Å². The molecular formula is C20H27N5O. The Kier molecular flexibility index (Phi) is 4.76. The third-order valence-electron chi connectivity index (χ3n) is 6.00. The van der Waals surface area contributed by atoms with Crippen LogP contribution in [0.15, 0.2) is 36.8 Å². The van der Waals surface area contributed by atoms with Gasteiger partial charge in [-0.25, -0.2) is 4.98 Å². The summed E-state index contributed by atoms with van der Waals surface area (Å²) in [7, 11) is 1.99. The quantitative estimate of drug-likeness (QED) is 0.862. The molecule has 2 aromatic rings. The summed E-state index contributed by atoms with van der Waals surface area (Å²) in [5.41, 5.74) is 1.31. The van der Waals surface area contributed by atoms with Crippen LogP contribution >= 0.6 is 0 Å². The molecule has 2 aliphatic rings. The Hall–Kier alpha value is -2.21. The Balaban J connectivity index is 1.47. The first-order chi connectivity index (χ1) is 12.7. The van der Waals surface area contributed by atoms with Gasteiger partial charge in [-0.3, -0.25) is 9.78 Å². The van der Waals surface area contributed by atoms with Crippen LogP contribution in [0.2, 0.25) is 0 Å². The normalized spacial score (nSPS) is 20.9. The van der Waals surface area contributed by atoms with Gasteiger partial charge in [0.25, 0.3) is 0 Å². The van der Waals surface area contributed by atoms with Crippen LogP contribution in [0, 0.1) is 5.41 Å². The second kappa shape index (κ2) is 7.19. The molecule has 1 saturated carbocycles. The number of hydrogen-bond donors (Lipinski definition) is 1. The Bertz CT molecular complexity index is 751. The molecule has 3 heterocycles. The van der Waals surface area contributed by atoms with E-state index in [1.807, 2.05) is 36.0 Å². The molecule has 26 heavy (non-hydrogen) atoms. The molecule has 0 aromatic carbocycles. The van der Waals surface area contributed by atoms with Crippen molar-refractivity contribution in [2.75, 3.05) is 13.1 Å². The third-order valence-corrected chi connectivity index (χ3v) is 6.00. The van der Waals surface area contributed by atoms with E-state index in [1.54, 1.807) is 12.4 Å². The molecule has 0 bridgehead atoms. The van der Waals surface area contributed by atoms with Crippen molar-refractivity contribution < 1.29 is 4.79 Å².